The van der Waals surface area contributed by atoms with Crippen molar-refractivity contribution in [3.05, 3.63) is 47.5 Å². The van der Waals surface area contributed by atoms with Crippen LogP contribution in [0.25, 0.3) is 0 Å². The summed E-state index contributed by atoms with van der Waals surface area (Å²) in [6.45, 7) is 8.46. The third-order valence-corrected chi connectivity index (χ3v) is 9.29. The maximum atomic E-state index is 13.8. The van der Waals surface area contributed by atoms with Gasteiger partial charge in [-0.1, -0.05) is 51.1 Å². The molecule has 4 unspecified atom stereocenters. The molecule has 2 N–H and O–H groups in total. The fourth-order valence-corrected chi connectivity index (χ4v) is 7.46. The molecule has 5 rings (SSSR count). The minimum absolute atomic E-state index is 0.0699. The summed E-state index contributed by atoms with van der Waals surface area (Å²) in [6, 6.07) is 10.5. The minimum Gasteiger partial charge on any atom is -0.346 e. The maximum absolute atomic E-state index is 13.8. The molecule has 202 valence electrons. The summed E-state index contributed by atoms with van der Waals surface area (Å²) in [5, 5.41) is 16.3. The van der Waals surface area contributed by atoms with Crippen LogP contribution < -0.4 is 10.6 Å². The number of piperidine rings is 1. The first kappa shape index (κ1) is 26.3. The van der Waals surface area contributed by atoms with Gasteiger partial charge in [0.2, 0.25) is 11.8 Å². The number of aromatic nitrogens is 3. The van der Waals surface area contributed by atoms with Crippen LogP contribution in [0.4, 0.5) is 8.78 Å². The van der Waals surface area contributed by atoms with Crippen LogP contribution >= 0.6 is 0 Å². The van der Waals surface area contributed by atoms with Crippen molar-refractivity contribution in [1.82, 2.24) is 25.4 Å². The molecule has 37 heavy (non-hydrogen) atoms. The molecule has 2 aromatic rings. The minimum atomic E-state index is -2.64. The Bertz CT molecular complexity index is 1080. The molecule has 2 bridgehead atoms. The van der Waals surface area contributed by atoms with Crippen LogP contribution in [0.1, 0.15) is 101 Å². The smallest absolute Gasteiger partial charge is 0.248 e. The van der Waals surface area contributed by atoms with Gasteiger partial charge < -0.3 is 5.32 Å². The van der Waals surface area contributed by atoms with E-state index in [1.54, 1.807) is 0 Å². The Morgan fingerprint density at radius 1 is 1.16 bits per heavy atom. The van der Waals surface area contributed by atoms with Gasteiger partial charge in [0.25, 0.3) is 0 Å². The number of hydrogen-bond acceptors (Lipinski definition) is 4. The van der Waals surface area contributed by atoms with Crippen molar-refractivity contribution in [2.45, 2.75) is 109 Å². The van der Waals surface area contributed by atoms with Crippen LogP contribution in [0, 0.1) is 24.7 Å². The molecule has 3 fully saturated rings. The van der Waals surface area contributed by atoms with Crippen LogP contribution in [0.5, 0.6) is 0 Å². The van der Waals surface area contributed by atoms with Crippen LogP contribution in [0.15, 0.2) is 30.3 Å². The predicted molar refractivity (Wildman–Crippen MR) is 139 cm³/mol. The average molecular weight is 514 g/mol. The lowest BCUT2D eigenvalue weighted by molar-refractivity contribution is -0.133. The molecular weight excluding hydrogens is 472 g/mol. The standard InChI is InChI=1S/C29H41F2N5O/c1-5-29(22-9-7-6-8-10-22,33-27(37)20-13-15-28(30,31)16-14-20)25-21-11-12-23(25)32-24(17-21)36-19(4)34-35-26(36)18(2)3/h6-10,18,20-21,23-25,32H,5,11-17H2,1-4H3,(H,33,37)/t21-,23?,24?,25?,29?/m0/s1. The Morgan fingerprint density at radius 2 is 1.86 bits per heavy atom. The molecule has 2 saturated carbocycles. The van der Waals surface area contributed by atoms with Gasteiger partial charge in [-0.2, -0.15) is 0 Å². The number of nitrogens with one attached hydrogen (secondary N) is 2. The van der Waals surface area contributed by atoms with Crippen LogP contribution in [0.3, 0.4) is 0 Å². The molecule has 2 heterocycles. The summed E-state index contributed by atoms with van der Waals surface area (Å²) in [6.07, 6.45) is 4.04. The van der Waals surface area contributed by atoms with E-state index in [0.29, 0.717) is 5.92 Å². The molecule has 5 atom stereocenters. The van der Waals surface area contributed by atoms with Gasteiger partial charge in [-0.3, -0.25) is 14.7 Å². The van der Waals surface area contributed by atoms with Gasteiger partial charge in [0.05, 0.1) is 11.7 Å². The van der Waals surface area contributed by atoms with Gasteiger partial charge in [0.15, 0.2) is 0 Å². The number of amides is 1. The second-order valence-electron chi connectivity index (χ2n) is 11.8. The van der Waals surface area contributed by atoms with Crippen molar-refractivity contribution in [1.29, 1.82) is 0 Å². The highest BCUT2D eigenvalue weighted by Gasteiger charge is 2.55. The third-order valence-electron chi connectivity index (χ3n) is 9.29. The summed E-state index contributed by atoms with van der Waals surface area (Å²) in [5.74, 6) is -0.247. The number of alkyl halides is 2. The van der Waals surface area contributed by atoms with E-state index >= 15 is 0 Å². The molecule has 1 aromatic carbocycles. The number of fused-ring (bicyclic) bond motifs is 2. The monoisotopic (exact) mass is 513 g/mol. The van der Waals surface area contributed by atoms with Crippen LogP contribution in [0.2, 0.25) is 0 Å². The van der Waals surface area contributed by atoms with Gasteiger partial charge in [-0.25, -0.2) is 8.78 Å². The van der Waals surface area contributed by atoms with Crippen molar-refractivity contribution >= 4 is 5.91 Å². The number of benzene rings is 1. The summed E-state index contributed by atoms with van der Waals surface area (Å²) in [7, 11) is 0. The first-order valence-corrected chi connectivity index (χ1v) is 14.1. The number of rotatable bonds is 7. The topological polar surface area (TPSA) is 71.8 Å². The lowest BCUT2D eigenvalue weighted by Crippen LogP contribution is -2.60. The zero-order valence-corrected chi connectivity index (χ0v) is 22.5. The largest absolute Gasteiger partial charge is 0.346 e. The molecule has 1 saturated heterocycles. The molecular formula is C29H41F2N5O. The molecule has 0 radical (unpaired) electrons. The lowest BCUT2D eigenvalue weighted by Gasteiger charge is -2.50. The molecule has 3 aliphatic rings. The van der Waals surface area contributed by atoms with E-state index in [1.165, 1.54) is 0 Å². The highest BCUT2D eigenvalue weighted by atomic mass is 19.3. The van der Waals surface area contributed by atoms with Gasteiger partial charge in [0.1, 0.15) is 11.6 Å². The van der Waals surface area contributed by atoms with E-state index < -0.39 is 11.5 Å². The Labute approximate surface area is 219 Å². The fraction of sp³-hybridized carbons (Fsp3) is 0.690. The second-order valence-corrected chi connectivity index (χ2v) is 11.8. The number of halogens is 2. The molecule has 1 amide bonds. The zero-order chi connectivity index (χ0) is 26.4. The zero-order valence-electron chi connectivity index (χ0n) is 22.5. The van der Waals surface area contributed by atoms with Crippen molar-refractivity contribution < 1.29 is 13.6 Å². The Kier molecular flexibility index (Phi) is 7.16. The van der Waals surface area contributed by atoms with Crippen molar-refractivity contribution in [3.8, 4) is 0 Å². The van der Waals surface area contributed by atoms with Crippen molar-refractivity contribution in [2.75, 3.05) is 0 Å². The fourth-order valence-electron chi connectivity index (χ4n) is 7.46. The SMILES string of the molecule is CCC(NC(=O)C1CCC(F)(F)CC1)(c1ccccc1)C1C2CC[C@H]1CC(n1c(C)nnc1C(C)C)N2. The first-order chi connectivity index (χ1) is 17.6. The summed E-state index contributed by atoms with van der Waals surface area (Å²) >= 11 is 0. The Hall–Kier alpha value is -2.35. The second kappa shape index (κ2) is 10.1. The van der Waals surface area contributed by atoms with E-state index in [2.05, 4.69) is 58.3 Å². The lowest BCUT2D eigenvalue weighted by atomic mass is 9.67. The van der Waals surface area contributed by atoms with E-state index in [0.717, 1.165) is 42.9 Å². The highest BCUT2D eigenvalue weighted by Crippen LogP contribution is 2.52. The van der Waals surface area contributed by atoms with Gasteiger partial charge in [-0.05, 0) is 56.9 Å². The van der Waals surface area contributed by atoms with Crippen LogP contribution in [-0.4, -0.2) is 32.6 Å². The number of carbonyl (C=O) groups excluding carboxylic acids is 1. The number of carbonyl (C=O) groups is 1. The number of nitrogens with zero attached hydrogens (tertiary/aromatic N) is 3. The number of hydrogen-bond donors (Lipinski definition) is 2. The van der Waals surface area contributed by atoms with Crippen molar-refractivity contribution in [2.24, 2.45) is 17.8 Å². The highest BCUT2D eigenvalue weighted by molar-refractivity contribution is 5.80. The van der Waals surface area contributed by atoms with Gasteiger partial charge in [0, 0.05) is 36.6 Å². The molecule has 6 nitrogen and oxygen atoms in total. The quantitative estimate of drug-likeness (QED) is 0.488. The van der Waals surface area contributed by atoms with Crippen LogP contribution in [-0.2, 0) is 10.3 Å². The first-order valence-electron chi connectivity index (χ1n) is 14.1. The molecule has 0 spiro atoms. The number of aryl methyl sites for hydroxylation is 1. The van der Waals surface area contributed by atoms with E-state index in [4.69, 9.17) is 0 Å². The van der Waals surface area contributed by atoms with Gasteiger partial charge >= 0.3 is 0 Å². The molecule has 1 aromatic heterocycles. The maximum Gasteiger partial charge on any atom is 0.248 e. The average Bonchev–Trinajstić information content (AvgIpc) is 3.39. The molecule has 2 aliphatic carbocycles. The summed E-state index contributed by atoms with van der Waals surface area (Å²) in [4.78, 5) is 13.7. The normalized spacial score (nSPS) is 29.3. The predicted octanol–water partition coefficient (Wildman–Crippen LogP) is 5.84. The molecule has 8 heteroatoms. The molecule has 1 aliphatic heterocycles. The van der Waals surface area contributed by atoms with Crippen molar-refractivity contribution in [3.63, 3.8) is 0 Å². The summed E-state index contributed by atoms with van der Waals surface area (Å²) in [5.41, 5.74) is 0.558. The van der Waals surface area contributed by atoms with E-state index in [1.807, 2.05) is 25.1 Å². The van der Waals surface area contributed by atoms with E-state index in [-0.39, 0.29) is 61.6 Å². The Balaban J connectivity index is 1.45. The third kappa shape index (κ3) is 4.82. The Morgan fingerprint density at radius 3 is 2.49 bits per heavy atom. The van der Waals surface area contributed by atoms with Gasteiger partial charge in [-0.15, -0.1) is 10.2 Å². The van der Waals surface area contributed by atoms with E-state index in [9.17, 15) is 13.6 Å². The summed E-state index contributed by atoms with van der Waals surface area (Å²) < 4.78 is 29.9.